The second-order valence-electron chi connectivity index (χ2n) is 2.35. The first-order chi connectivity index (χ1) is 5.88. The standard InChI is InChI=1S/C6H6BrF3N2O/c1-2-12-5(13)3(7)4(11-12)6(8,9)10/h11H,2H2,1H3. The number of hydrogen-bond donors (Lipinski definition) is 1. The average molecular weight is 259 g/mol. The van der Waals surface area contributed by atoms with Crippen LogP contribution in [0.5, 0.6) is 0 Å². The molecule has 74 valence electrons. The number of aryl methyl sites for hydroxylation is 1. The van der Waals surface area contributed by atoms with Crippen molar-refractivity contribution >= 4 is 15.9 Å². The minimum Gasteiger partial charge on any atom is -0.290 e. The van der Waals surface area contributed by atoms with Gasteiger partial charge in [-0.05, 0) is 22.9 Å². The summed E-state index contributed by atoms with van der Waals surface area (Å²) in [7, 11) is 0. The minimum atomic E-state index is -4.53. The molecule has 0 aliphatic carbocycles. The number of nitrogens with zero attached hydrogens (tertiary/aromatic N) is 1. The van der Waals surface area contributed by atoms with E-state index in [1.165, 1.54) is 0 Å². The number of hydrogen-bond acceptors (Lipinski definition) is 1. The van der Waals surface area contributed by atoms with E-state index < -0.39 is 21.9 Å². The van der Waals surface area contributed by atoms with Gasteiger partial charge in [0, 0.05) is 6.54 Å². The van der Waals surface area contributed by atoms with Gasteiger partial charge in [0.05, 0.1) is 0 Å². The highest BCUT2D eigenvalue weighted by Crippen LogP contribution is 2.31. The van der Waals surface area contributed by atoms with Crippen LogP contribution >= 0.6 is 15.9 Å². The maximum Gasteiger partial charge on any atom is 0.434 e. The summed E-state index contributed by atoms with van der Waals surface area (Å²) in [5, 5.41) is 1.97. The molecule has 0 bridgehead atoms. The number of H-pyrrole nitrogens is 1. The number of aromatic amines is 1. The van der Waals surface area contributed by atoms with Crippen molar-refractivity contribution in [2.45, 2.75) is 19.6 Å². The molecule has 0 saturated heterocycles. The minimum absolute atomic E-state index is 0.174. The zero-order valence-electron chi connectivity index (χ0n) is 6.57. The molecule has 0 atom stereocenters. The molecule has 0 aliphatic heterocycles. The maximum absolute atomic E-state index is 12.2. The van der Waals surface area contributed by atoms with Gasteiger partial charge in [0.1, 0.15) is 4.47 Å². The highest BCUT2D eigenvalue weighted by atomic mass is 79.9. The van der Waals surface area contributed by atoms with Gasteiger partial charge in [-0.25, -0.2) is 0 Å². The van der Waals surface area contributed by atoms with Crippen LogP contribution < -0.4 is 5.56 Å². The van der Waals surface area contributed by atoms with Crippen LogP contribution in [0.2, 0.25) is 0 Å². The van der Waals surface area contributed by atoms with Gasteiger partial charge in [-0.2, -0.15) is 13.2 Å². The van der Waals surface area contributed by atoms with E-state index >= 15 is 0 Å². The Morgan fingerprint density at radius 2 is 2.08 bits per heavy atom. The van der Waals surface area contributed by atoms with Crippen LogP contribution in [0.3, 0.4) is 0 Å². The highest BCUT2D eigenvalue weighted by Gasteiger charge is 2.36. The second-order valence-corrected chi connectivity index (χ2v) is 3.14. The lowest BCUT2D eigenvalue weighted by molar-refractivity contribution is -0.142. The lowest BCUT2D eigenvalue weighted by atomic mass is 10.4. The SMILES string of the molecule is CCn1[nH]c(C(F)(F)F)c(Br)c1=O. The quantitative estimate of drug-likeness (QED) is 0.822. The van der Waals surface area contributed by atoms with E-state index in [1.54, 1.807) is 6.92 Å². The Balaban J connectivity index is 3.34. The molecular weight excluding hydrogens is 253 g/mol. The summed E-state index contributed by atoms with van der Waals surface area (Å²) >= 11 is 2.59. The van der Waals surface area contributed by atoms with E-state index in [0.717, 1.165) is 4.68 Å². The highest BCUT2D eigenvalue weighted by molar-refractivity contribution is 9.10. The maximum atomic E-state index is 12.2. The van der Waals surface area contributed by atoms with Crippen LogP contribution in [0.4, 0.5) is 13.2 Å². The normalized spacial score (nSPS) is 12.1. The molecule has 1 N–H and O–H groups in total. The molecule has 0 unspecified atom stereocenters. The van der Waals surface area contributed by atoms with Crippen LogP contribution in [0, 0.1) is 0 Å². The van der Waals surface area contributed by atoms with Gasteiger partial charge in [-0.15, -0.1) is 0 Å². The number of alkyl halides is 3. The molecule has 0 amide bonds. The molecule has 1 aromatic rings. The van der Waals surface area contributed by atoms with Crippen molar-refractivity contribution in [3.63, 3.8) is 0 Å². The molecule has 0 spiro atoms. The summed E-state index contributed by atoms with van der Waals surface area (Å²) in [6, 6.07) is 0. The summed E-state index contributed by atoms with van der Waals surface area (Å²) in [6.45, 7) is 1.75. The molecule has 13 heavy (non-hydrogen) atoms. The Morgan fingerprint density at radius 1 is 1.54 bits per heavy atom. The van der Waals surface area contributed by atoms with Gasteiger partial charge in [-0.1, -0.05) is 0 Å². The van der Waals surface area contributed by atoms with E-state index in [2.05, 4.69) is 15.9 Å². The first-order valence-electron chi connectivity index (χ1n) is 3.43. The lowest BCUT2D eigenvalue weighted by Gasteiger charge is -2.02. The molecular formula is C6H6BrF3N2O. The monoisotopic (exact) mass is 258 g/mol. The molecule has 0 saturated carbocycles. The van der Waals surface area contributed by atoms with Crippen molar-refractivity contribution in [2.24, 2.45) is 0 Å². The van der Waals surface area contributed by atoms with Gasteiger partial charge in [0.15, 0.2) is 5.69 Å². The third-order valence-corrected chi connectivity index (χ3v) is 2.23. The smallest absolute Gasteiger partial charge is 0.290 e. The van der Waals surface area contributed by atoms with Crippen LogP contribution in [-0.4, -0.2) is 9.78 Å². The topological polar surface area (TPSA) is 37.8 Å². The fourth-order valence-electron chi connectivity index (χ4n) is 0.871. The zero-order chi connectivity index (χ0) is 10.2. The van der Waals surface area contributed by atoms with Crippen LogP contribution in [0.1, 0.15) is 12.6 Å². The number of nitrogens with one attached hydrogen (secondary N) is 1. The predicted molar refractivity (Wildman–Crippen MR) is 43.4 cm³/mol. The van der Waals surface area contributed by atoms with Crippen molar-refractivity contribution < 1.29 is 13.2 Å². The molecule has 0 fully saturated rings. The van der Waals surface area contributed by atoms with Crippen molar-refractivity contribution in [1.82, 2.24) is 9.78 Å². The summed E-state index contributed by atoms with van der Waals surface area (Å²) in [5.41, 5.74) is -1.74. The molecule has 7 heteroatoms. The number of aromatic nitrogens is 2. The molecule has 0 aliphatic rings. The fraction of sp³-hybridized carbons (Fsp3) is 0.500. The lowest BCUT2D eigenvalue weighted by Crippen LogP contribution is -2.15. The molecule has 1 rings (SSSR count). The van der Waals surface area contributed by atoms with Gasteiger partial charge in [0.25, 0.3) is 5.56 Å². The molecule has 1 aromatic heterocycles. The van der Waals surface area contributed by atoms with Gasteiger partial charge < -0.3 is 0 Å². The van der Waals surface area contributed by atoms with Gasteiger partial charge in [0.2, 0.25) is 0 Å². The van der Waals surface area contributed by atoms with E-state index in [9.17, 15) is 18.0 Å². The van der Waals surface area contributed by atoms with Crippen LogP contribution in [0.15, 0.2) is 9.27 Å². The summed E-state index contributed by atoms with van der Waals surface area (Å²) < 4.78 is 36.9. The Labute approximate surface area is 79.7 Å². The van der Waals surface area contributed by atoms with E-state index in [0.29, 0.717) is 0 Å². The second kappa shape index (κ2) is 3.21. The predicted octanol–water partition coefficient (Wildman–Crippen LogP) is 1.98. The number of halogens is 4. The summed E-state index contributed by atoms with van der Waals surface area (Å²) in [4.78, 5) is 11.1. The Morgan fingerprint density at radius 3 is 2.31 bits per heavy atom. The third-order valence-electron chi connectivity index (χ3n) is 1.50. The van der Waals surface area contributed by atoms with Gasteiger partial charge in [-0.3, -0.25) is 14.6 Å². The molecule has 0 aromatic carbocycles. The van der Waals surface area contributed by atoms with Crippen molar-refractivity contribution in [3.8, 4) is 0 Å². The Kier molecular flexibility index (Phi) is 2.56. The Bertz CT molecular complexity index is 365. The summed E-state index contributed by atoms with van der Waals surface area (Å²) in [6.07, 6.45) is -4.53. The van der Waals surface area contributed by atoms with Gasteiger partial charge >= 0.3 is 6.18 Å². The third kappa shape index (κ3) is 1.79. The number of rotatable bonds is 1. The molecule has 0 radical (unpaired) electrons. The van der Waals surface area contributed by atoms with E-state index in [-0.39, 0.29) is 6.54 Å². The van der Waals surface area contributed by atoms with E-state index in [4.69, 9.17) is 0 Å². The zero-order valence-corrected chi connectivity index (χ0v) is 8.16. The largest absolute Gasteiger partial charge is 0.434 e. The fourth-order valence-corrected chi connectivity index (χ4v) is 1.40. The van der Waals surface area contributed by atoms with Crippen LogP contribution in [-0.2, 0) is 12.7 Å². The first kappa shape index (κ1) is 10.4. The molecule has 1 heterocycles. The summed E-state index contributed by atoms with van der Waals surface area (Å²) in [5.74, 6) is 0. The van der Waals surface area contributed by atoms with Crippen molar-refractivity contribution in [3.05, 3.63) is 20.5 Å². The molecule has 3 nitrogen and oxygen atoms in total. The van der Waals surface area contributed by atoms with Crippen LogP contribution in [0.25, 0.3) is 0 Å². The first-order valence-corrected chi connectivity index (χ1v) is 4.22. The van der Waals surface area contributed by atoms with E-state index in [1.807, 2.05) is 5.10 Å². The Hall–Kier alpha value is -0.720. The van der Waals surface area contributed by atoms with Crippen molar-refractivity contribution in [1.29, 1.82) is 0 Å². The van der Waals surface area contributed by atoms with Crippen molar-refractivity contribution in [2.75, 3.05) is 0 Å². The average Bonchev–Trinajstić information content (AvgIpc) is 2.28.